The van der Waals surface area contributed by atoms with Crippen molar-refractivity contribution in [3.05, 3.63) is 21.8 Å². The molecule has 0 aliphatic heterocycles. The molecule has 84 valence electrons. The van der Waals surface area contributed by atoms with Crippen molar-refractivity contribution in [2.24, 2.45) is 5.73 Å². The summed E-state index contributed by atoms with van der Waals surface area (Å²) in [5.74, 6) is 0.792. The van der Waals surface area contributed by atoms with Crippen LogP contribution in [-0.2, 0) is 0 Å². The first-order valence-corrected chi connectivity index (χ1v) is 5.97. The van der Waals surface area contributed by atoms with Gasteiger partial charge in [-0.1, -0.05) is 11.6 Å². The first-order chi connectivity index (χ1) is 7.06. The largest absolute Gasteiger partial charge is 0.356 e. The van der Waals surface area contributed by atoms with Gasteiger partial charge in [-0.05, 0) is 41.9 Å². The van der Waals surface area contributed by atoms with Crippen molar-refractivity contribution in [3.8, 4) is 0 Å². The van der Waals surface area contributed by atoms with Crippen molar-refractivity contribution in [3.63, 3.8) is 0 Å². The predicted molar refractivity (Wildman–Crippen MR) is 68.5 cm³/mol. The number of aromatic nitrogens is 1. The zero-order chi connectivity index (χ0) is 11.4. The maximum Gasteiger partial charge on any atom is 0.147 e. The van der Waals surface area contributed by atoms with Gasteiger partial charge >= 0.3 is 0 Å². The molecule has 0 aliphatic carbocycles. The fourth-order valence-corrected chi connectivity index (χ4v) is 2.07. The number of nitrogens with two attached hydrogens (primary N) is 1. The lowest BCUT2D eigenvalue weighted by molar-refractivity contribution is 0.629. The zero-order valence-corrected chi connectivity index (χ0v) is 11.2. The molecule has 1 atom stereocenters. The summed E-state index contributed by atoms with van der Waals surface area (Å²) >= 11 is 9.43. The van der Waals surface area contributed by atoms with E-state index in [1.807, 2.05) is 18.0 Å². The van der Waals surface area contributed by atoms with E-state index in [1.54, 1.807) is 6.20 Å². The fourth-order valence-electron chi connectivity index (χ4n) is 1.31. The Hall–Kier alpha value is -0.320. The fraction of sp³-hybridized carbons (Fsp3) is 0.500. The van der Waals surface area contributed by atoms with E-state index in [9.17, 15) is 0 Å². The van der Waals surface area contributed by atoms with E-state index < -0.39 is 0 Å². The van der Waals surface area contributed by atoms with Gasteiger partial charge in [-0.3, -0.25) is 0 Å². The highest BCUT2D eigenvalue weighted by Gasteiger charge is 2.13. The molecular formula is C10H15BrClN3. The van der Waals surface area contributed by atoms with E-state index in [4.69, 9.17) is 17.3 Å². The highest BCUT2D eigenvalue weighted by molar-refractivity contribution is 9.10. The van der Waals surface area contributed by atoms with Crippen molar-refractivity contribution in [1.82, 2.24) is 4.98 Å². The molecule has 1 heterocycles. The van der Waals surface area contributed by atoms with Gasteiger partial charge in [0.2, 0.25) is 0 Å². The summed E-state index contributed by atoms with van der Waals surface area (Å²) in [5.41, 5.74) is 5.52. The summed E-state index contributed by atoms with van der Waals surface area (Å²) in [6, 6.07) is 2.18. The van der Waals surface area contributed by atoms with Gasteiger partial charge in [-0.2, -0.15) is 0 Å². The van der Waals surface area contributed by atoms with E-state index in [-0.39, 0.29) is 0 Å². The first-order valence-electron chi connectivity index (χ1n) is 4.80. The Labute approximate surface area is 104 Å². The van der Waals surface area contributed by atoms with Gasteiger partial charge in [0.25, 0.3) is 0 Å². The number of pyridine rings is 1. The molecule has 0 spiro atoms. The summed E-state index contributed by atoms with van der Waals surface area (Å²) in [4.78, 5) is 6.33. The standard InChI is InChI=1S/C10H15BrClN3/c1-7(3-4-13)15(2)10-9(12)5-8(11)6-14-10/h5-7H,3-4,13H2,1-2H3. The number of rotatable bonds is 4. The van der Waals surface area contributed by atoms with Crippen LogP contribution in [0.15, 0.2) is 16.7 Å². The third-order valence-corrected chi connectivity index (χ3v) is 3.08. The van der Waals surface area contributed by atoms with Gasteiger partial charge in [-0.25, -0.2) is 4.98 Å². The lowest BCUT2D eigenvalue weighted by atomic mass is 10.2. The Bertz CT molecular complexity index is 332. The Kier molecular flexibility index (Phi) is 4.83. The summed E-state index contributed by atoms with van der Waals surface area (Å²) in [7, 11) is 1.97. The Morgan fingerprint density at radius 3 is 2.87 bits per heavy atom. The van der Waals surface area contributed by atoms with E-state index in [0.29, 0.717) is 17.6 Å². The van der Waals surface area contributed by atoms with Crippen molar-refractivity contribution in [1.29, 1.82) is 0 Å². The molecule has 1 unspecified atom stereocenters. The van der Waals surface area contributed by atoms with E-state index in [0.717, 1.165) is 16.7 Å². The molecule has 0 radical (unpaired) electrons. The Morgan fingerprint density at radius 2 is 2.33 bits per heavy atom. The second-order valence-electron chi connectivity index (χ2n) is 3.50. The average Bonchev–Trinajstić information content (AvgIpc) is 2.17. The van der Waals surface area contributed by atoms with Gasteiger partial charge < -0.3 is 10.6 Å². The van der Waals surface area contributed by atoms with Crippen LogP contribution in [0.5, 0.6) is 0 Å². The molecule has 0 bridgehead atoms. The van der Waals surface area contributed by atoms with Crippen LogP contribution < -0.4 is 10.6 Å². The van der Waals surface area contributed by atoms with Crippen LogP contribution in [0.2, 0.25) is 5.02 Å². The number of nitrogens with zero attached hydrogens (tertiary/aromatic N) is 2. The predicted octanol–water partition coefficient (Wildman–Crippen LogP) is 2.67. The number of halogens is 2. The van der Waals surface area contributed by atoms with Gasteiger partial charge in [-0.15, -0.1) is 0 Å². The molecule has 3 nitrogen and oxygen atoms in total. The molecule has 1 aromatic rings. The summed E-state index contributed by atoms with van der Waals surface area (Å²) in [5, 5.41) is 0.649. The number of hydrogen-bond donors (Lipinski definition) is 1. The maximum absolute atomic E-state index is 6.10. The molecule has 5 heteroatoms. The van der Waals surface area contributed by atoms with Crippen LogP contribution in [0.3, 0.4) is 0 Å². The van der Waals surface area contributed by atoms with Crippen molar-refractivity contribution in [2.75, 3.05) is 18.5 Å². The van der Waals surface area contributed by atoms with Gasteiger partial charge in [0.1, 0.15) is 5.82 Å². The molecule has 1 rings (SSSR count). The maximum atomic E-state index is 6.10. The van der Waals surface area contributed by atoms with Crippen LogP contribution >= 0.6 is 27.5 Å². The molecule has 1 aromatic heterocycles. The lowest BCUT2D eigenvalue weighted by Crippen LogP contribution is -2.31. The summed E-state index contributed by atoms with van der Waals surface area (Å²) in [6.07, 6.45) is 2.66. The second-order valence-corrected chi connectivity index (χ2v) is 4.82. The molecule has 0 aromatic carbocycles. The van der Waals surface area contributed by atoms with E-state index in [2.05, 4.69) is 27.8 Å². The van der Waals surface area contributed by atoms with Crippen LogP contribution in [0.1, 0.15) is 13.3 Å². The third-order valence-electron chi connectivity index (χ3n) is 2.37. The average molecular weight is 293 g/mol. The topological polar surface area (TPSA) is 42.1 Å². The molecular weight excluding hydrogens is 277 g/mol. The molecule has 0 aliphatic rings. The SMILES string of the molecule is CC(CCN)N(C)c1ncc(Br)cc1Cl. The van der Waals surface area contributed by atoms with E-state index >= 15 is 0 Å². The summed E-state index contributed by atoms with van der Waals surface area (Å²) < 4.78 is 0.885. The zero-order valence-electron chi connectivity index (χ0n) is 8.87. The van der Waals surface area contributed by atoms with Gasteiger partial charge in [0, 0.05) is 23.8 Å². The molecule has 0 saturated carbocycles. The van der Waals surface area contributed by atoms with Crippen molar-refractivity contribution < 1.29 is 0 Å². The Morgan fingerprint density at radius 1 is 1.67 bits per heavy atom. The first kappa shape index (κ1) is 12.7. The van der Waals surface area contributed by atoms with Crippen molar-refractivity contribution in [2.45, 2.75) is 19.4 Å². The molecule has 15 heavy (non-hydrogen) atoms. The highest BCUT2D eigenvalue weighted by atomic mass is 79.9. The van der Waals surface area contributed by atoms with E-state index in [1.165, 1.54) is 0 Å². The van der Waals surface area contributed by atoms with Crippen LogP contribution in [0.25, 0.3) is 0 Å². The number of anilines is 1. The minimum absolute atomic E-state index is 0.334. The third kappa shape index (κ3) is 3.33. The van der Waals surface area contributed by atoms with Crippen LogP contribution in [0, 0.1) is 0 Å². The van der Waals surface area contributed by atoms with Crippen LogP contribution in [0.4, 0.5) is 5.82 Å². The minimum atomic E-state index is 0.334. The van der Waals surface area contributed by atoms with Crippen molar-refractivity contribution >= 4 is 33.3 Å². The minimum Gasteiger partial charge on any atom is -0.356 e. The monoisotopic (exact) mass is 291 g/mol. The molecule has 0 amide bonds. The lowest BCUT2D eigenvalue weighted by Gasteiger charge is -2.26. The quantitative estimate of drug-likeness (QED) is 0.928. The second kappa shape index (κ2) is 5.68. The normalized spacial score (nSPS) is 12.6. The summed E-state index contributed by atoms with van der Waals surface area (Å²) in [6.45, 7) is 2.77. The number of hydrogen-bond acceptors (Lipinski definition) is 3. The smallest absolute Gasteiger partial charge is 0.147 e. The van der Waals surface area contributed by atoms with Crippen LogP contribution in [-0.4, -0.2) is 24.6 Å². The molecule has 0 saturated heterocycles. The molecule has 0 fully saturated rings. The van der Waals surface area contributed by atoms with Gasteiger partial charge in [0.15, 0.2) is 0 Å². The molecule has 2 N–H and O–H groups in total. The van der Waals surface area contributed by atoms with Gasteiger partial charge in [0.05, 0.1) is 5.02 Å². The Balaban J connectivity index is 2.86. The highest BCUT2D eigenvalue weighted by Crippen LogP contribution is 2.26.